The zero-order chi connectivity index (χ0) is 17.1. The van der Waals surface area contributed by atoms with Gasteiger partial charge in [-0.1, -0.05) is 19.1 Å². The Balaban J connectivity index is 2.70. The molecule has 0 aliphatic carbocycles. The molecule has 0 radical (unpaired) electrons. The van der Waals surface area contributed by atoms with Gasteiger partial charge < -0.3 is 15.3 Å². The van der Waals surface area contributed by atoms with E-state index >= 15 is 0 Å². The van der Waals surface area contributed by atoms with Gasteiger partial charge in [0.05, 0.1) is 22.1 Å². The number of urea groups is 1. The Morgan fingerprint density at radius 2 is 2.09 bits per heavy atom. The fraction of sp³-hybridized carbons (Fsp3) is 0.333. The lowest BCUT2D eigenvalue weighted by Crippen LogP contribution is -2.48. The number of nitrogens with zero attached hydrogens (tertiary/aromatic N) is 2. The number of carbonyl (C=O) groups excluding carboxylic acids is 1. The van der Waals surface area contributed by atoms with Crippen LogP contribution in [-0.4, -0.2) is 33.5 Å². The Bertz CT molecular complexity index is 698. The molecule has 1 atom stereocenters. The molecule has 0 aromatic heterocycles. The number of nitro benzene ring substituents is 1. The van der Waals surface area contributed by atoms with Crippen molar-refractivity contribution < 1.29 is 19.6 Å². The van der Waals surface area contributed by atoms with Crippen LogP contribution in [0.25, 0.3) is 0 Å². The van der Waals surface area contributed by atoms with Gasteiger partial charge in [0.25, 0.3) is 5.69 Å². The summed E-state index contributed by atoms with van der Waals surface area (Å²) < 4.78 is 0. The lowest BCUT2D eigenvalue weighted by molar-refractivity contribution is -0.385. The first-order valence-corrected chi connectivity index (χ1v) is 7.13. The molecule has 1 aliphatic rings. The second-order valence-electron chi connectivity index (χ2n) is 5.19. The number of rotatable bonds is 5. The van der Waals surface area contributed by atoms with Crippen LogP contribution in [0.4, 0.5) is 10.5 Å². The van der Waals surface area contributed by atoms with E-state index in [1.165, 1.54) is 30.0 Å². The fourth-order valence-corrected chi connectivity index (χ4v) is 2.74. The first-order valence-electron chi connectivity index (χ1n) is 7.13. The van der Waals surface area contributed by atoms with Crippen LogP contribution < -0.4 is 5.32 Å². The normalized spacial score (nSPS) is 17.9. The number of aliphatic carboxylic acids is 1. The standard InChI is InChI=1S/C15H17N3O5/c1-3-8-17-13(10-6-4-5-7-11(10)18(22)23)12(14(19)20)9(2)16-15(17)21/h4-7,13H,3,8H2,1-2H3,(H,16,21)(H,19,20). The first-order chi connectivity index (χ1) is 10.9. The molecule has 1 unspecified atom stereocenters. The highest BCUT2D eigenvalue weighted by molar-refractivity contribution is 5.94. The Morgan fingerprint density at radius 1 is 1.43 bits per heavy atom. The van der Waals surface area contributed by atoms with Crippen molar-refractivity contribution in [2.75, 3.05) is 6.54 Å². The summed E-state index contributed by atoms with van der Waals surface area (Å²) in [6.07, 6.45) is 0.594. The first kappa shape index (κ1) is 16.5. The molecule has 1 aromatic rings. The zero-order valence-electron chi connectivity index (χ0n) is 12.8. The number of amides is 2. The van der Waals surface area contributed by atoms with Gasteiger partial charge in [0.15, 0.2) is 0 Å². The van der Waals surface area contributed by atoms with Crippen molar-refractivity contribution >= 4 is 17.7 Å². The van der Waals surface area contributed by atoms with E-state index in [9.17, 15) is 24.8 Å². The quantitative estimate of drug-likeness (QED) is 0.639. The third kappa shape index (κ3) is 3.01. The minimum atomic E-state index is -1.22. The summed E-state index contributed by atoms with van der Waals surface area (Å²) in [4.78, 5) is 36.0. The molecule has 0 fully saturated rings. The Labute approximate surface area is 132 Å². The number of carboxylic acids is 1. The van der Waals surface area contributed by atoms with Crippen molar-refractivity contribution in [2.24, 2.45) is 0 Å². The van der Waals surface area contributed by atoms with Crippen LogP contribution in [0, 0.1) is 10.1 Å². The monoisotopic (exact) mass is 319 g/mol. The van der Waals surface area contributed by atoms with Crippen molar-refractivity contribution in [1.29, 1.82) is 0 Å². The van der Waals surface area contributed by atoms with Crippen molar-refractivity contribution in [3.8, 4) is 0 Å². The van der Waals surface area contributed by atoms with Gasteiger partial charge in [-0.2, -0.15) is 0 Å². The molecule has 122 valence electrons. The van der Waals surface area contributed by atoms with Crippen molar-refractivity contribution in [2.45, 2.75) is 26.3 Å². The summed E-state index contributed by atoms with van der Waals surface area (Å²) in [5, 5.41) is 23.3. The summed E-state index contributed by atoms with van der Waals surface area (Å²) in [5.41, 5.74) is 0.114. The van der Waals surface area contributed by atoms with E-state index in [1.807, 2.05) is 6.92 Å². The third-order valence-corrected chi connectivity index (χ3v) is 3.67. The number of benzene rings is 1. The Morgan fingerprint density at radius 3 is 2.65 bits per heavy atom. The zero-order valence-corrected chi connectivity index (χ0v) is 12.8. The van der Waals surface area contributed by atoms with Gasteiger partial charge in [0.2, 0.25) is 0 Å². The van der Waals surface area contributed by atoms with Crippen LogP contribution >= 0.6 is 0 Å². The lowest BCUT2D eigenvalue weighted by Gasteiger charge is -2.36. The maximum Gasteiger partial charge on any atom is 0.335 e. The van der Waals surface area contributed by atoms with E-state index in [-0.39, 0.29) is 29.1 Å². The maximum atomic E-state index is 12.2. The summed E-state index contributed by atoms with van der Waals surface area (Å²) in [6.45, 7) is 3.61. The number of carbonyl (C=O) groups is 2. The predicted octanol–water partition coefficient (Wildman–Crippen LogP) is 2.43. The van der Waals surface area contributed by atoms with E-state index in [0.29, 0.717) is 6.42 Å². The second kappa shape index (κ2) is 6.47. The van der Waals surface area contributed by atoms with Crippen molar-refractivity contribution in [3.63, 3.8) is 0 Å². The number of nitrogens with one attached hydrogen (secondary N) is 1. The molecule has 1 aromatic carbocycles. The van der Waals surface area contributed by atoms with E-state index in [0.717, 1.165) is 0 Å². The summed E-state index contributed by atoms with van der Waals surface area (Å²) >= 11 is 0. The van der Waals surface area contributed by atoms with Crippen LogP contribution in [0.2, 0.25) is 0 Å². The summed E-state index contributed by atoms with van der Waals surface area (Å²) in [7, 11) is 0. The minimum absolute atomic E-state index is 0.0626. The van der Waals surface area contributed by atoms with E-state index in [1.54, 1.807) is 6.07 Å². The minimum Gasteiger partial charge on any atom is -0.478 e. The van der Waals surface area contributed by atoms with Crippen LogP contribution in [-0.2, 0) is 4.79 Å². The largest absolute Gasteiger partial charge is 0.478 e. The topological polar surface area (TPSA) is 113 Å². The summed E-state index contributed by atoms with van der Waals surface area (Å²) in [5.74, 6) is -1.22. The molecule has 0 spiro atoms. The van der Waals surface area contributed by atoms with Gasteiger partial charge in [-0.25, -0.2) is 9.59 Å². The molecule has 1 heterocycles. The van der Waals surface area contributed by atoms with Crippen LogP contribution in [0.5, 0.6) is 0 Å². The fourth-order valence-electron chi connectivity index (χ4n) is 2.74. The molecule has 0 saturated carbocycles. The van der Waals surface area contributed by atoms with Crippen LogP contribution in [0.1, 0.15) is 31.9 Å². The number of hydrogen-bond acceptors (Lipinski definition) is 4. The highest BCUT2D eigenvalue weighted by Crippen LogP contribution is 2.38. The molecule has 23 heavy (non-hydrogen) atoms. The predicted molar refractivity (Wildman–Crippen MR) is 81.7 cm³/mol. The van der Waals surface area contributed by atoms with Gasteiger partial charge in [0.1, 0.15) is 0 Å². The van der Waals surface area contributed by atoms with E-state index < -0.39 is 23.0 Å². The molecule has 0 bridgehead atoms. The molecular formula is C15H17N3O5. The number of para-hydroxylation sites is 1. The van der Waals surface area contributed by atoms with Gasteiger partial charge in [-0.05, 0) is 19.4 Å². The van der Waals surface area contributed by atoms with Gasteiger partial charge in [-0.3, -0.25) is 10.1 Å². The molecule has 0 saturated heterocycles. The van der Waals surface area contributed by atoms with Crippen molar-refractivity contribution in [1.82, 2.24) is 10.2 Å². The molecule has 2 N–H and O–H groups in total. The van der Waals surface area contributed by atoms with Gasteiger partial charge in [0, 0.05) is 18.3 Å². The number of carboxylic acid groups (broad SMARTS) is 1. The molecule has 1 aliphatic heterocycles. The summed E-state index contributed by atoms with van der Waals surface area (Å²) in [6, 6.07) is 4.43. The molecular weight excluding hydrogens is 302 g/mol. The lowest BCUT2D eigenvalue weighted by atomic mass is 9.92. The second-order valence-corrected chi connectivity index (χ2v) is 5.19. The average Bonchev–Trinajstić information content (AvgIpc) is 2.49. The molecule has 2 amide bonds. The number of allylic oxidation sites excluding steroid dienone is 1. The molecule has 2 rings (SSSR count). The van der Waals surface area contributed by atoms with E-state index in [4.69, 9.17) is 0 Å². The van der Waals surface area contributed by atoms with E-state index in [2.05, 4.69) is 5.32 Å². The van der Waals surface area contributed by atoms with Gasteiger partial charge >= 0.3 is 12.0 Å². The van der Waals surface area contributed by atoms with Gasteiger partial charge in [-0.15, -0.1) is 0 Å². The van der Waals surface area contributed by atoms with Crippen molar-refractivity contribution in [3.05, 3.63) is 51.2 Å². The Hall–Kier alpha value is -2.90. The highest BCUT2D eigenvalue weighted by Gasteiger charge is 2.40. The SMILES string of the molecule is CCCN1C(=O)NC(C)=C(C(=O)O)C1c1ccccc1[N+](=O)[O-]. The third-order valence-electron chi connectivity index (χ3n) is 3.67. The molecule has 8 heteroatoms. The molecule has 8 nitrogen and oxygen atoms in total. The maximum absolute atomic E-state index is 12.2. The smallest absolute Gasteiger partial charge is 0.335 e. The van der Waals surface area contributed by atoms with Crippen LogP contribution in [0.15, 0.2) is 35.5 Å². The van der Waals surface area contributed by atoms with Crippen LogP contribution in [0.3, 0.4) is 0 Å². The Kier molecular flexibility index (Phi) is 4.63. The average molecular weight is 319 g/mol. The number of hydrogen-bond donors (Lipinski definition) is 2. The number of nitro groups is 1. The highest BCUT2D eigenvalue weighted by atomic mass is 16.6.